The third-order valence-electron chi connectivity index (χ3n) is 4.32. The maximum Gasteiger partial charge on any atom is 0.254 e. The number of amides is 1. The molecular weight excluding hydrogens is 352 g/mol. The van der Waals surface area contributed by atoms with Gasteiger partial charge in [-0.05, 0) is 50.2 Å². The molecule has 0 unspecified atom stereocenters. The molecule has 28 heavy (non-hydrogen) atoms. The summed E-state index contributed by atoms with van der Waals surface area (Å²) in [5, 5.41) is 5.95. The monoisotopic (exact) mass is 376 g/mol. The molecule has 0 fully saturated rings. The third-order valence-corrected chi connectivity index (χ3v) is 4.32. The number of nitrogens with zero attached hydrogens (tertiary/aromatic N) is 4. The Morgan fingerprint density at radius 2 is 1.68 bits per heavy atom. The van der Waals surface area contributed by atoms with Crippen molar-refractivity contribution in [2.45, 2.75) is 20.4 Å². The molecule has 0 saturated heterocycles. The Morgan fingerprint density at radius 1 is 0.964 bits per heavy atom. The third kappa shape index (κ3) is 5.03. The van der Waals surface area contributed by atoms with Gasteiger partial charge in [0.25, 0.3) is 5.91 Å². The van der Waals surface area contributed by atoms with E-state index in [1.165, 1.54) is 18.1 Å². The molecule has 3 rings (SSSR count). The van der Waals surface area contributed by atoms with Crippen LogP contribution < -0.4 is 15.5 Å². The number of hydrogen-bond donors (Lipinski definition) is 2. The first-order valence-corrected chi connectivity index (χ1v) is 9.31. The molecule has 0 aliphatic rings. The maximum atomic E-state index is 12.2. The standard InChI is InChI=1S/C21H24N6O/c1-3-27(4-2)19-10-8-17(9-11-19)26-21-24-13-16(14-25-21)20(28)23-15-18-7-5-6-12-22-18/h5-14H,3-4,15H2,1-2H3,(H,23,28)(H,24,25,26). The summed E-state index contributed by atoms with van der Waals surface area (Å²) in [6, 6.07) is 13.7. The van der Waals surface area contributed by atoms with Crippen molar-refractivity contribution in [3.8, 4) is 0 Å². The van der Waals surface area contributed by atoms with Crippen LogP contribution in [-0.2, 0) is 6.54 Å². The van der Waals surface area contributed by atoms with Gasteiger partial charge in [-0.1, -0.05) is 6.07 Å². The largest absolute Gasteiger partial charge is 0.372 e. The summed E-state index contributed by atoms with van der Waals surface area (Å²) in [5.74, 6) is 0.206. The second kappa shape index (κ2) is 9.45. The van der Waals surface area contributed by atoms with Crippen LogP contribution in [-0.4, -0.2) is 33.9 Å². The topological polar surface area (TPSA) is 83.0 Å². The molecule has 0 radical (unpaired) electrons. The maximum absolute atomic E-state index is 12.2. The quantitative estimate of drug-likeness (QED) is 0.627. The number of aromatic nitrogens is 3. The van der Waals surface area contributed by atoms with Gasteiger partial charge in [0.15, 0.2) is 0 Å². The van der Waals surface area contributed by atoms with Crippen molar-refractivity contribution in [3.63, 3.8) is 0 Å². The molecule has 7 nitrogen and oxygen atoms in total. The summed E-state index contributed by atoms with van der Waals surface area (Å²) in [6.07, 6.45) is 4.71. The summed E-state index contributed by atoms with van der Waals surface area (Å²) in [5.41, 5.74) is 3.27. The molecule has 2 heterocycles. The van der Waals surface area contributed by atoms with Crippen LogP contribution in [0.15, 0.2) is 61.1 Å². The fourth-order valence-electron chi connectivity index (χ4n) is 2.76. The van der Waals surface area contributed by atoms with Gasteiger partial charge in [-0.15, -0.1) is 0 Å². The fourth-order valence-corrected chi connectivity index (χ4v) is 2.76. The Kier molecular flexibility index (Phi) is 6.51. The molecule has 0 spiro atoms. The molecular formula is C21H24N6O. The summed E-state index contributed by atoms with van der Waals surface area (Å²) in [4.78, 5) is 27.1. The van der Waals surface area contributed by atoms with Crippen LogP contribution in [0.5, 0.6) is 0 Å². The number of hydrogen-bond acceptors (Lipinski definition) is 6. The van der Waals surface area contributed by atoms with Gasteiger partial charge in [0, 0.05) is 43.1 Å². The van der Waals surface area contributed by atoms with E-state index in [9.17, 15) is 4.79 Å². The van der Waals surface area contributed by atoms with E-state index in [1.807, 2.05) is 30.3 Å². The minimum absolute atomic E-state index is 0.235. The number of anilines is 3. The lowest BCUT2D eigenvalue weighted by atomic mass is 10.2. The van der Waals surface area contributed by atoms with E-state index in [0.717, 1.165) is 24.5 Å². The number of benzene rings is 1. The van der Waals surface area contributed by atoms with Crippen LogP contribution in [0.4, 0.5) is 17.3 Å². The molecule has 0 aliphatic heterocycles. The molecule has 144 valence electrons. The lowest BCUT2D eigenvalue weighted by Gasteiger charge is -2.21. The summed E-state index contributed by atoms with van der Waals surface area (Å²) >= 11 is 0. The zero-order valence-electron chi connectivity index (χ0n) is 16.1. The van der Waals surface area contributed by atoms with E-state index in [0.29, 0.717) is 18.1 Å². The van der Waals surface area contributed by atoms with E-state index in [1.54, 1.807) is 6.20 Å². The lowest BCUT2D eigenvalue weighted by molar-refractivity contribution is 0.0949. The number of carbonyl (C=O) groups is 1. The van der Waals surface area contributed by atoms with Crippen LogP contribution in [0.25, 0.3) is 0 Å². The number of nitrogens with one attached hydrogen (secondary N) is 2. The van der Waals surface area contributed by atoms with Gasteiger partial charge in [0.05, 0.1) is 17.8 Å². The van der Waals surface area contributed by atoms with Gasteiger partial charge in [0.2, 0.25) is 5.95 Å². The highest BCUT2D eigenvalue weighted by Crippen LogP contribution is 2.19. The van der Waals surface area contributed by atoms with Gasteiger partial charge < -0.3 is 15.5 Å². The minimum atomic E-state index is -0.235. The van der Waals surface area contributed by atoms with E-state index >= 15 is 0 Å². The van der Waals surface area contributed by atoms with Crippen molar-refractivity contribution >= 4 is 23.2 Å². The first-order chi connectivity index (χ1) is 13.7. The Morgan fingerprint density at radius 3 is 2.29 bits per heavy atom. The van der Waals surface area contributed by atoms with Crippen molar-refractivity contribution < 1.29 is 4.79 Å². The van der Waals surface area contributed by atoms with Crippen molar-refractivity contribution in [1.29, 1.82) is 0 Å². The molecule has 0 aliphatic carbocycles. The summed E-state index contributed by atoms with van der Waals surface area (Å²) in [7, 11) is 0. The average Bonchev–Trinajstić information content (AvgIpc) is 2.75. The van der Waals surface area contributed by atoms with Crippen molar-refractivity contribution in [1.82, 2.24) is 20.3 Å². The molecule has 0 atom stereocenters. The first-order valence-electron chi connectivity index (χ1n) is 9.31. The molecule has 1 aromatic carbocycles. The highest BCUT2D eigenvalue weighted by molar-refractivity contribution is 5.93. The van der Waals surface area contributed by atoms with Crippen molar-refractivity contribution in [2.75, 3.05) is 23.3 Å². The highest BCUT2D eigenvalue weighted by atomic mass is 16.1. The Balaban J connectivity index is 1.57. The molecule has 0 bridgehead atoms. The number of rotatable bonds is 8. The summed E-state index contributed by atoms with van der Waals surface area (Å²) in [6.45, 7) is 6.57. The lowest BCUT2D eigenvalue weighted by Crippen LogP contribution is -2.23. The minimum Gasteiger partial charge on any atom is -0.372 e. The predicted molar refractivity (Wildman–Crippen MR) is 111 cm³/mol. The zero-order chi connectivity index (χ0) is 19.8. The van der Waals surface area contributed by atoms with Crippen LogP contribution >= 0.6 is 0 Å². The van der Waals surface area contributed by atoms with Crippen LogP contribution in [0.1, 0.15) is 29.9 Å². The van der Waals surface area contributed by atoms with Gasteiger partial charge in [0.1, 0.15) is 0 Å². The molecule has 3 aromatic rings. The normalized spacial score (nSPS) is 10.4. The SMILES string of the molecule is CCN(CC)c1ccc(Nc2ncc(C(=O)NCc3ccccn3)cn2)cc1. The Labute approximate surface area is 164 Å². The molecule has 7 heteroatoms. The Hall–Kier alpha value is -3.48. The Bertz CT molecular complexity index is 877. The van der Waals surface area contributed by atoms with Gasteiger partial charge in [-0.3, -0.25) is 9.78 Å². The molecule has 1 amide bonds. The van der Waals surface area contributed by atoms with E-state index in [2.05, 4.69) is 56.5 Å². The van der Waals surface area contributed by atoms with Gasteiger partial charge in [-0.25, -0.2) is 9.97 Å². The van der Waals surface area contributed by atoms with E-state index in [-0.39, 0.29) is 5.91 Å². The average molecular weight is 376 g/mol. The van der Waals surface area contributed by atoms with E-state index < -0.39 is 0 Å². The van der Waals surface area contributed by atoms with Crippen LogP contribution in [0.3, 0.4) is 0 Å². The van der Waals surface area contributed by atoms with Crippen molar-refractivity contribution in [2.24, 2.45) is 0 Å². The smallest absolute Gasteiger partial charge is 0.254 e. The van der Waals surface area contributed by atoms with Crippen LogP contribution in [0.2, 0.25) is 0 Å². The van der Waals surface area contributed by atoms with E-state index in [4.69, 9.17) is 0 Å². The zero-order valence-corrected chi connectivity index (χ0v) is 16.1. The van der Waals surface area contributed by atoms with Crippen LogP contribution in [0, 0.1) is 0 Å². The second-order valence-corrected chi connectivity index (χ2v) is 6.14. The summed E-state index contributed by atoms with van der Waals surface area (Å²) < 4.78 is 0. The van der Waals surface area contributed by atoms with Gasteiger partial charge in [-0.2, -0.15) is 0 Å². The highest BCUT2D eigenvalue weighted by Gasteiger charge is 2.08. The fraction of sp³-hybridized carbons (Fsp3) is 0.238. The second-order valence-electron chi connectivity index (χ2n) is 6.14. The predicted octanol–water partition coefficient (Wildman–Crippen LogP) is 3.39. The molecule has 2 aromatic heterocycles. The number of pyridine rings is 1. The van der Waals surface area contributed by atoms with Crippen molar-refractivity contribution in [3.05, 3.63) is 72.3 Å². The van der Waals surface area contributed by atoms with Gasteiger partial charge >= 0.3 is 0 Å². The number of carbonyl (C=O) groups excluding carboxylic acids is 1. The first kappa shape index (κ1) is 19.3. The molecule has 2 N–H and O–H groups in total. The molecule has 0 saturated carbocycles.